The van der Waals surface area contributed by atoms with Gasteiger partial charge in [-0.1, -0.05) is 32.9 Å². The second-order valence-corrected chi connectivity index (χ2v) is 7.07. The lowest BCUT2D eigenvalue weighted by Gasteiger charge is -2.38. The molecule has 19 heavy (non-hydrogen) atoms. The molecule has 0 saturated heterocycles. The van der Waals surface area contributed by atoms with E-state index in [9.17, 15) is 0 Å². The van der Waals surface area contributed by atoms with E-state index < -0.39 is 0 Å². The molecule has 0 aromatic heterocycles. The molecular formula is C17H25NO. The van der Waals surface area contributed by atoms with Crippen LogP contribution in [-0.2, 0) is 6.54 Å². The van der Waals surface area contributed by atoms with Gasteiger partial charge in [-0.15, -0.1) is 0 Å². The summed E-state index contributed by atoms with van der Waals surface area (Å²) < 4.78 is 6.31. The van der Waals surface area contributed by atoms with Crippen molar-refractivity contribution in [1.29, 1.82) is 0 Å². The largest absolute Gasteiger partial charge is 0.490 e. The molecule has 2 fully saturated rings. The fourth-order valence-corrected chi connectivity index (χ4v) is 4.18. The Kier molecular flexibility index (Phi) is 2.90. The van der Waals surface area contributed by atoms with Crippen molar-refractivity contribution in [1.82, 2.24) is 0 Å². The highest BCUT2D eigenvalue weighted by molar-refractivity contribution is 5.28. The third-order valence-corrected chi connectivity index (χ3v) is 6.15. The number of ether oxygens (including phenoxy) is 1. The smallest absolute Gasteiger partial charge is 0.119 e. The summed E-state index contributed by atoms with van der Waals surface area (Å²) in [5.74, 6) is 1.82. The van der Waals surface area contributed by atoms with Crippen LogP contribution in [0.2, 0.25) is 0 Å². The quantitative estimate of drug-likeness (QED) is 0.897. The Bertz CT molecular complexity index is 465. The van der Waals surface area contributed by atoms with Crippen LogP contribution in [0.15, 0.2) is 24.3 Å². The molecule has 3 rings (SSSR count). The van der Waals surface area contributed by atoms with Gasteiger partial charge in [-0.05, 0) is 48.3 Å². The van der Waals surface area contributed by atoms with Gasteiger partial charge in [0, 0.05) is 12.0 Å². The van der Waals surface area contributed by atoms with Gasteiger partial charge in [0.15, 0.2) is 0 Å². The molecule has 2 aliphatic rings. The zero-order valence-corrected chi connectivity index (χ0v) is 12.3. The predicted octanol–water partition coefficient (Wildman–Crippen LogP) is 3.74. The zero-order valence-electron chi connectivity index (χ0n) is 12.3. The summed E-state index contributed by atoms with van der Waals surface area (Å²) in [5.41, 5.74) is 7.52. The number of fused-ring (bicyclic) bond motifs is 2. The van der Waals surface area contributed by atoms with Crippen molar-refractivity contribution in [3.05, 3.63) is 29.8 Å². The number of benzene rings is 1. The molecule has 2 aliphatic carbocycles. The van der Waals surface area contributed by atoms with Gasteiger partial charge in [0.2, 0.25) is 0 Å². The van der Waals surface area contributed by atoms with Gasteiger partial charge >= 0.3 is 0 Å². The first-order valence-electron chi connectivity index (χ1n) is 7.43. The molecule has 2 bridgehead atoms. The van der Waals surface area contributed by atoms with E-state index >= 15 is 0 Å². The first kappa shape index (κ1) is 13.0. The highest BCUT2D eigenvalue weighted by atomic mass is 16.5. The van der Waals surface area contributed by atoms with Crippen LogP contribution in [0.5, 0.6) is 5.75 Å². The van der Waals surface area contributed by atoms with Crippen LogP contribution in [0.25, 0.3) is 0 Å². The minimum absolute atomic E-state index is 0.324. The standard InChI is InChI=1S/C17H25NO/c1-16(2)13-8-9-17(16,3)15(10-13)19-14-6-4-12(11-18)5-7-14/h4-7,13,15H,8-11,18H2,1-3H3. The van der Waals surface area contributed by atoms with Crippen molar-refractivity contribution in [2.75, 3.05) is 0 Å². The molecule has 1 aromatic rings. The molecule has 2 saturated carbocycles. The summed E-state index contributed by atoms with van der Waals surface area (Å²) in [6.07, 6.45) is 4.25. The Morgan fingerprint density at radius 1 is 1.21 bits per heavy atom. The average molecular weight is 259 g/mol. The van der Waals surface area contributed by atoms with Gasteiger partial charge in [0.05, 0.1) is 0 Å². The molecule has 3 unspecified atom stereocenters. The van der Waals surface area contributed by atoms with Crippen molar-refractivity contribution < 1.29 is 4.74 Å². The molecule has 1 aromatic carbocycles. The van der Waals surface area contributed by atoms with E-state index in [2.05, 4.69) is 45.0 Å². The first-order chi connectivity index (χ1) is 8.97. The van der Waals surface area contributed by atoms with Crippen molar-refractivity contribution in [3.63, 3.8) is 0 Å². The van der Waals surface area contributed by atoms with Gasteiger partial charge in [-0.25, -0.2) is 0 Å². The van der Waals surface area contributed by atoms with Crippen LogP contribution < -0.4 is 10.5 Å². The molecule has 2 N–H and O–H groups in total. The maximum atomic E-state index is 6.31. The van der Waals surface area contributed by atoms with Crippen molar-refractivity contribution in [2.45, 2.75) is 52.7 Å². The van der Waals surface area contributed by atoms with E-state index in [0.717, 1.165) is 17.2 Å². The fourth-order valence-electron chi connectivity index (χ4n) is 4.18. The number of nitrogens with two attached hydrogens (primary N) is 1. The average Bonchev–Trinajstić information content (AvgIpc) is 2.73. The Labute approximate surface area is 116 Å². The molecule has 104 valence electrons. The third kappa shape index (κ3) is 1.80. The lowest BCUT2D eigenvalue weighted by molar-refractivity contribution is 0.0301. The Morgan fingerprint density at radius 3 is 2.37 bits per heavy atom. The van der Waals surface area contributed by atoms with Crippen LogP contribution in [0, 0.1) is 16.7 Å². The molecule has 0 aliphatic heterocycles. The monoisotopic (exact) mass is 259 g/mol. The number of rotatable bonds is 3. The lowest BCUT2D eigenvalue weighted by atomic mass is 9.70. The molecular weight excluding hydrogens is 234 g/mol. The molecule has 0 amide bonds. The summed E-state index contributed by atoms with van der Waals surface area (Å²) in [4.78, 5) is 0. The summed E-state index contributed by atoms with van der Waals surface area (Å²) in [6, 6.07) is 8.25. The highest BCUT2D eigenvalue weighted by Crippen LogP contribution is 2.66. The van der Waals surface area contributed by atoms with E-state index in [1.807, 2.05) is 0 Å². The predicted molar refractivity (Wildman–Crippen MR) is 78.0 cm³/mol. The minimum atomic E-state index is 0.324. The second-order valence-electron chi connectivity index (χ2n) is 7.07. The molecule has 0 heterocycles. The summed E-state index contributed by atoms with van der Waals surface area (Å²) >= 11 is 0. The normalized spacial score (nSPS) is 35.6. The van der Waals surface area contributed by atoms with E-state index in [-0.39, 0.29) is 0 Å². The minimum Gasteiger partial charge on any atom is -0.490 e. The molecule has 2 heteroatoms. The summed E-state index contributed by atoms with van der Waals surface area (Å²) in [6.45, 7) is 7.85. The van der Waals surface area contributed by atoms with E-state index in [0.29, 0.717) is 23.5 Å². The van der Waals surface area contributed by atoms with Crippen LogP contribution in [0.3, 0.4) is 0 Å². The van der Waals surface area contributed by atoms with Gasteiger partial charge < -0.3 is 10.5 Å². The van der Waals surface area contributed by atoms with Gasteiger partial charge in [-0.2, -0.15) is 0 Å². The van der Waals surface area contributed by atoms with Crippen molar-refractivity contribution in [3.8, 4) is 5.75 Å². The molecule has 0 spiro atoms. The summed E-state index contributed by atoms with van der Waals surface area (Å²) in [7, 11) is 0. The van der Waals surface area contributed by atoms with Gasteiger partial charge in [0.1, 0.15) is 11.9 Å². The summed E-state index contributed by atoms with van der Waals surface area (Å²) in [5, 5.41) is 0. The van der Waals surface area contributed by atoms with Crippen LogP contribution in [-0.4, -0.2) is 6.10 Å². The zero-order chi connectivity index (χ0) is 13.7. The SMILES string of the molecule is CC1(C)C2CCC1(C)C(Oc1ccc(CN)cc1)C2. The van der Waals surface area contributed by atoms with Gasteiger partial charge in [-0.3, -0.25) is 0 Å². The molecule has 3 atom stereocenters. The Morgan fingerprint density at radius 2 is 1.89 bits per heavy atom. The lowest BCUT2D eigenvalue weighted by Crippen LogP contribution is -2.38. The molecule has 0 radical (unpaired) electrons. The van der Waals surface area contributed by atoms with Crippen LogP contribution in [0.4, 0.5) is 0 Å². The van der Waals surface area contributed by atoms with Crippen LogP contribution >= 0.6 is 0 Å². The van der Waals surface area contributed by atoms with E-state index in [1.54, 1.807) is 0 Å². The van der Waals surface area contributed by atoms with Crippen LogP contribution in [0.1, 0.15) is 45.6 Å². The first-order valence-corrected chi connectivity index (χ1v) is 7.43. The number of hydrogen-bond donors (Lipinski definition) is 1. The van der Waals surface area contributed by atoms with E-state index in [4.69, 9.17) is 10.5 Å². The topological polar surface area (TPSA) is 35.2 Å². The molecule has 2 nitrogen and oxygen atoms in total. The van der Waals surface area contributed by atoms with Crippen molar-refractivity contribution >= 4 is 0 Å². The van der Waals surface area contributed by atoms with Gasteiger partial charge in [0.25, 0.3) is 0 Å². The second kappa shape index (κ2) is 4.24. The third-order valence-electron chi connectivity index (χ3n) is 6.15. The fraction of sp³-hybridized carbons (Fsp3) is 0.647. The van der Waals surface area contributed by atoms with Crippen molar-refractivity contribution in [2.24, 2.45) is 22.5 Å². The Balaban J connectivity index is 1.78. The maximum absolute atomic E-state index is 6.31. The maximum Gasteiger partial charge on any atom is 0.119 e. The Hall–Kier alpha value is -1.02. The highest BCUT2D eigenvalue weighted by Gasteiger charge is 2.62. The number of hydrogen-bond acceptors (Lipinski definition) is 2. The van der Waals surface area contributed by atoms with E-state index in [1.165, 1.54) is 19.3 Å².